The maximum Gasteiger partial charge on any atom is 0.243 e. The third-order valence-corrected chi connectivity index (χ3v) is 7.01. The molecule has 4 aliphatic rings. The predicted molar refractivity (Wildman–Crippen MR) is 103 cm³/mol. The summed E-state index contributed by atoms with van der Waals surface area (Å²) >= 11 is 0. The van der Waals surface area contributed by atoms with E-state index in [0.29, 0.717) is 19.6 Å². The van der Waals surface area contributed by atoms with Gasteiger partial charge in [0.2, 0.25) is 11.8 Å². The minimum absolute atomic E-state index is 0.0232. The number of carbonyl (C=O) groups is 2. The van der Waals surface area contributed by atoms with Crippen LogP contribution in [0.4, 0.5) is 0 Å². The molecule has 6 nitrogen and oxygen atoms in total. The van der Waals surface area contributed by atoms with Crippen LogP contribution in [0.25, 0.3) is 0 Å². The molecule has 1 aromatic rings. The fourth-order valence-electron chi connectivity index (χ4n) is 5.74. The van der Waals surface area contributed by atoms with Crippen molar-refractivity contribution < 1.29 is 19.1 Å². The van der Waals surface area contributed by atoms with Crippen molar-refractivity contribution in [1.29, 1.82) is 0 Å². The van der Waals surface area contributed by atoms with Crippen molar-refractivity contribution in [2.24, 2.45) is 5.41 Å². The molecule has 3 atom stereocenters. The molecule has 1 saturated carbocycles. The lowest BCUT2D eigenvalue weighted by molar-refractivity contribution is -0.148. The second-order valence-electron chi connectivity index (χ2n) is 8.64. The van der Waals surface area contributed by atoms with E-state index in [2.05, 4.69) is 5.32 Å². The van der Waals surface area contributed by atoms with Crippen LogP contribution in [0.15, 0.2) is 24.3 Å². The molecule has 0 bridgehead atoms. The Morgan fingerprint density at radius 3 is 2.82 bits per heavy atom. The monoisotopic (exact) mass is 384 g/mol. The average molecular weight is 384 g/mol. The number of hydrogen-bond donors (Lipinski definition) is 1. The summed E-state index contributed by atoms with van der Waals surface area (Å²) < 4.78 is 11.8. The Bertz CT molecular complexity index is 774. The SMILES string of the molecule is O=C(N[C@H]1CCOc2ccccc21)[C@H]1N2C(=O)CCCO[C@H]2CC12CCCC2. The van der Waals surface area contributed by atoms with Crippen molar-refractivity contribution in [3.8, 4) is 5.75 Å². The Morgan fingerprint density at radius 2 is 1.96 bits per heavy atom. The normalized spacial score (nSPS) is 31.1. The lowest BCUT2D eigenvalue weighted by Crippen LogP contribution is -2.54. The lowest BCUT2D eigenvalue weighted by Gasteiger charge is -2.36. The van der Waals surface area contributed by atoms with Crippen molar-refractivity contribution in [1.82, 2.24) is 10.2 Å². The van der Waals surface area contributed by atoms with Gasteiger partial charge in [-0.15, -0.1) is 0 Å². The minimum Gasteiger partial charge on any atom is -0.493 e. The number of fused-ring (bicyclic) bond motifs is 2. The summed E-state index contributed by atoms with van der Waals surface area (Å²) in [6.45, 7) is 1.19. The highest BCUT2D eigenvalue weighted by Gasteiger charge is 2.58. The minimum atomic E-state index is -0.416. The fraction of sp³-hybridized carbons (Fsp3) is 0.636. The molecule has 1 N–H and O–H groups in total. The van der Waals surface area contributed by atoms with Gasteiger partial charge in [-0.3, -0.25) is 9.59 Å². The molecule has 3 aliphatic heterocycles. The smallest absolute Gasteiger partial charge is 0.243 e. The Labute approximate surface area is 165 Å². The van der Waals surface area contributed by atoms with Gasteiger partial charge in [0.1, 0.15) is 18.0 Å². The van der Waals surface area contributed by atoms with Gasteiger partial charge in [0.05, 0.1) is 12.6 Å². The van der Waals surface area contributed by atoms with E-state index in [9.17, 15) is 9.59 Å². The summed E-state index contributed by atoms with van der Waals surface area (Å²) in [7, 11) is 0. The zero-order chi connectivity index (χ0) is 19.1. The van der Waals surface area contributed by atoms with E-state index in [4.69, 9.17) is 9.47 Å². The van der Waals surface area contributed by atoms with Crippen molar-refractivity contribution in [2.75, 3.05) is 13.2 Å². The van der Waals surface area contributed by atoms with E-state index in [1.165, 1.54) is 0 Å². The highest BCUT2D eigenvalue weighted by molar-refractivity contribution is 5.90. The summed E-state index contributed by atoms with van der Waals surface area (Å²) in [6.07, 6.45) is 6.75. The maximum absolute atomic E-state index is 13.6. The van der Waals surface area contributed by atoms with Crippen molar-refractivity contribution >= 4 is 11.8 Å². The van der Waals surface area contributed by atoms with Gasteiger partial charge in [-0.05, 0) is 25.3 Å². The van der Waals surface area contributed by atoms with E-state index < -0.39 is 6.04 Å². The summed E-state index contributed by atoms with van der Waals surface area (Å²) in [6, 6.07) is 7.40. The Hall–Kier alpha value is -2.08. The van der Waals surface area contributed by atoms with Crippen molar-refractivity contribution in [3.05, 3.63) is 29.8 Å². The predicted octanol–water partition coefficient (Wildman–Crippen LogP) is 2.92. The topological polar surface area (TPSA) is 67.9 Å². The first-order valence-corrected chi connectivity index (χ1v) is 10.6. The second kappa shape index (κ2) is 7.07. The molecule has 3 fully saturated rings. The molecule has 2 amide bonds. The summed E-state index contributed by atoms with van der Waals surface area (Å²) in [5, 5.41) is 3.27. The largest absolute Gasteiger partial charge is 0.493 e. The Balaban J connectivity index is 1.44. The average Bonchev–Trinajstić information content (AvgIpc) is 3.25. The van der Waals surface area contributed by atoms with Gasteiger partial charge in [-0.2, -0.15) is 0 Å². The highest BCUT2D eigenvalue weighted by Crippen LogP contribution is 2.53. The Kier molecular flexibility index (Phi) is 4.54. The first-order valence-electron chi connectivity index (χ1n) is 10.6. The molecule has 28 heavy (non-hydrogen) atoms. The van der Waals surface area contributed by atoms with Gasteiger partial charge < -0.3 is 19.7 Å². The van der Waals surface area contributed by atoms with E-state index in [-0.39, 0.29) is 29.5 Å². The molecule has 3 heterocycles. The summed E-state index contributed by atoms with van der Waals surface area (Å²) in [5.41, 5.74) is 0.891. The molecule has 6 heteroatoms. The number of para-hydroxylation sites is 1. The van der Waals surface area contributed by atoms with Crippen LogP contribution >= 0.6 is 0 Å². The van der Waals surface area contributed by atoms with Gasteiger partial charge >= 0.3 is 0 Å². The van der Waals surface area contributed by atoms with Gasteiger partial charge in [0.25, 0.3) is 0 Å². The van der Waals surface area contributed by atoms with Crippen LogP contribution in [0.2, 0.25) is 0 Å². The van der Waals surface area contributed by atoms with Crippen molar-refractivity contribution in [2.45, 2.75) is 69.7 Å². The Morgan fingerprint density at radius 1 is 1.14 bits per heavy atom. The van der Waals surface area contributed by atoms with Crippen LogP contribution in [-0.2, 0) is 14.3 Å². The van der Waals surface area contributed by atoms with Crippen LogP contribution in [-0.4, -0.2) is 42.2 Å². The lowest BCUT2D eigenvalue weighted by atomic mass is 9.77. The van der Waals surface area contributed by atoms with E-state index >= 15 is 0 Å². The van der Waals surface area contributed by atoms with Gasteiger partial charge in [-0.25, -0.2) is 0 Å². The molecule has 0 unspecified atom stereocenters. The number of rotatable bonds is 2. The van der Waals surface area contributed by atoms with Crippen LogP contribution in [0.1, 0.15) is 63.0 Å². The van der Waals surface area contributed by atoms with E-state index in [1.807, 2.05) is 24.3 Å². The number of ether oxygens (including phenoxy) is 2. The number of benzene rings is 1. The van der Waals surface area contributed by atoms with Crippen LogP contribution < -0.4 is 10.1 Å². The zero-order valence-corrected chi connectivity index (χ0v) is 16.2. The molecule has 1 aliphatic carbocycles. The van der Waals surface area contributed by atoms with Crippen LogP contribution in [0, 0.1) is 5.41 Å². The number of amides is 2. The van der Waals surface area contributed by atoms with Crippen LogP contribution in [0.5, 0.6) is 5.75 Å². The second-order valence-corrected chi connectivity index (χ2v) is 8.64. The first-order chi connectivity index (χ1) is 13.7. The molecule has 150 valence electrons. The quantitative estimate of drug-likeness (QED) is 0.851. The highest BCUT2D eigenvalue weighted by atomic mass is 16.5. The molecular formula is C22H28N2O4. The maximum atomic E-state index is 13.6. The molecule has 2 saturated heterocycles. The molecular weight excluding hydrogens is 356 g/mol. The molecule has 5 rings (SSSR count). The molecule has 0 radical (unpaired) electrons. The first kappa shape index (κ1) is 18.0. The van der Waals surface area contributed by atoms with Crippen molar-refractivity contribution in [3.63, 3.8) is 0 Å². The van der Waals surface area contributed by atoms with Gasteiger partial charge in [-0.1, -0.05) is 31.0 Å². The summed E-state index contributed by atoms with van der Waals surface area (Å²) in [5.74, 6) is 0.886. The third kappa shape index (κ3) is 2.89. The fourth-order valence-corrected chi connectivity index (χ4v) is 5.74. The number of hydrogen-bond acceptors (Lipinski definition) is 4. The third-order valence-electron chi connectivity index (χ3n) is 7.01. The molecule has 1 aromatic carbocycles. The molecule has 1 spiro atoms. The number of nitrogens with zero attached hydrogens (tertiary/aromatic N) is 1. The molecule has 0 aromatic heterocycles. The van der Waals surface area contributed by atoms with Gasteiger partial charge in [0, 0.05) is 36.8 Å². The number of carbonyl (C=O) groups excluding carboxylic acids is 2. The standard InChI is InChI=1S/C22H28N2O4/c25-18-8-5-12-28-19-14-22(10-3-4-11-22)20(24(18)19)21(26)23-16-9-13-27-17-7-2-1-6-15(16)17/h1-2,6-7,16,19-20H,3-5,8-14H2,(H,23,26)/t16-,19-,20+/m0/s1. The van der Waals surface area contributed by atoms with E-state index in [1.54, 1.807) is 4.90 Å². The number of nitrogens with one attached hydrogen (secondary N) is 1. The van der Waals surface area contributed by atoms with E-state index in [0.717, 1.165) is 56.3 Å². The zero-order valence-electron chi connectivity index (χ0n) is 16.2. The van der Waals surface area contributed by atoms with Gasteiger partial charge in [0.15, 0.2) is 0 Å². The summed E-state index contributed by atoms with van der Waals surface area (Å²) in [4.78, 5) is 28.3. The van der Waals surface area contributed by atoms with Crippen LogP contribution in [0.3, 0.4) is 0 Å².